The van der Waals surface area contributed by atoms with E-state index in [1.54, 1.807) is 10.9 Å². The van der Waals surface area contributed by atoms with Crippen molar-refractivity contribution in [3.63, 3.8) is 0 Å². The van der Waals surface area contributed by atoms with E-state index in [0.29, 0.717) is 42.9 Å². The molecule has 2 aromatic rings. The highest BCUT2D eigenvalue weighted by atomic mass is 19.1. The number of halogens is 1. The minimum atomic E-state index is -1.06. The lowest BCUT2D eigenvalue weighted by Crippen LogP contribution is -2.31. The molecule has 0 spiro atoms. The van der Waals surface area contributed by atoms with E-state index >= 15 is 0 Å². The van der Waals surface area contributed by atoms with Crippen molar-refractivity contribution in [1.29, 1.82) is 5.26 Å². The number of hydrogen-bond donors (Lipinski definition) is 1. The van der Waals surface area contributed by atoms with E-state index in [1.807, 2.05) is 18.7 Å². The zero-order chi connectivity index (χ0) is 17.3. The molecule has 1 aliphatic rings. The lowest BCUT2D eigenvalue weighted by atomic mass is 10.00. The summed E-state index contributed by atoms with van der Waals surface area (Å²) in [7, 11) is 0. The molecule has 1 fully saturated rings. The number of nitrogens with zero attached hydrogens (tertiary/aromatic N) is 5. The molecule has 1 aliphatic heterocycles. The smallest absolute Gasteiger partial charge is 0.124 e. The third-order valence-electron chi connectivity index (χ3n) is 4.42. The molecule has 1 N–H and O–H groups in total. The number of likely N-dealkylation sites (tertiary alicyclic amines) is 1. The van der Waals surface area contributed by atoms with E-state index < -0.39 is 5.60 Å². The van der Waals surface area contributed by atoms with Crippen molar-refractivity contribution in [3.8, 4) is 6.07 Å². The highest BCUT2D eigenvalue weighted by Gasteiger charge is 2.40. The first-order chi connectivity index (χ1) is 11.4. The predicted octanol–water partition coefficient (Wildman–Crippen LogP) is 1.96. The Hall–Kier alpha value is -2.30. The average Bonchev–Trinajstić information content (AvgIpc) is 3.16. The van der Waals surface area contributed by atoms with Crippen LogP contribution >= 0.6 is 0 Å². The average molecular weight is 329 g/mol. The van der Waals surface area contributed by atoms with E-state index in [2.05, 4.69) is 16.4 Å². The molecule has 0 aliphatic carbocycles. The van der Waals surface area contributed by atoms with Crippen molar-refractivity contribution in [2.24, 2.45) is 0 Å². The van der Waals surface area contributed by atoms with Crippen LogP contribution in [0, 0.1) is 17.1 Å². The molecule has 0 radical (unpaired) electrons. The molecule has 6 nitrogen and oxygen atoms in total. The minimum Gasteiger partial charge on any atom is -0.382 e. The number of rotatable bonds is 4. The second-order valence-corrected chi connectivity index (χ2v) is 6.58. The van der Waals surface area contributed by atoms with Crippen molar-refractivity contribution < 1.29 is 9.50 Å². The first-order valence-corrected chi connectivity index (χ1v) is 7.97. The van der Waals surface area contributed by atoms with Gasteiger partial charge < -0.3 is 5.11 Å². The van der Waals surface area contributed by atoms with Crippen molar-refractivity contribution >= 4 is 0 Å². The fourth-order valence-corrected chi connectivity index (χ4v) is 3.00. The largest absolute Gasteiger partial charge is 0.382 e. The molecule has 1 unspecified atom stereocenters. The van der Waals surface area contributed by atoms with Gasteiger partial charge in [0.05, 0.1) is 17.8 Å². The van der Waals surface area contributed by atoms with Gasteiger partial charge in [-0.05, 0) is 44.0 Å². The lowest BCUT2D eigenvalue weighted by molar-refractivity contribution is 0.0408. The van der Waals surface area contributed by atoms with E-state index in [1.165, 1.54) is 18.2 Å². The van der Waals surface area contributed by atoms with Crippen molar-refractivity contribution in [1.82, 2.24) is 19.9 Å². The highest BCUT2D eigenvalue weighted by molar-refractivity contribution is 5.37. The molecular formula is C17H20FN5O. The monoisotopic (exact) mass is 329 g/mol. The van der Waals surface area contributed by atoms with Gasteiger partial charge >= 0.3 is 0 Å². The molecule has 1 aromatic heterocycles. The molecule has 126 valence electrons. The number of hydrogen-bond acceptors (Lipinski definition) is 5. The maximum absolute atomic E-state index is 13.5. The summed E-state index contributed by atoms with van der Waals surface area (Å²) in [4.78, 5) is 2.00. The van der Waals surface area contributed by atoms with Gasteiger partial charge in [-0.3, -0.25) is 4.90 Å². The first-order valence-electron chi connectivity index (χ1n) is 7.97. The predicted molar refractivity (Wildman–Crippen MR) is 85.3 cm³/mol. The van der Waals surface area contributed by atoms with Crippen molar-refractivity contribution in [2.75, 3.05) is 13.1 Å². The molecule has 24 heavy (non-hydrogen) atoms. The van der Waals surface area contributed by atoms with Crippen LogP contribution in [0.15, 0.2) is 24.4 Å². The Morgan fingerprint density at radius 1 is 1.46 bits per heavy atom. The molecule has 2 heterocycles. The molecule has 3 rings (SSSR count). The zero-order valence-corrected chi connectivity index (χ0v) is 13.8. The number of benzene rings is 1. The molecule has 0 saturated carbocycles. The van der Waals surface area contributed by atoms with Gasteiger partial charge in [0, 0.05) is 25.7 Å². The Morgan fingerprint density at radius 3 is 2.92 bits per heavy atom. The third-order valence-corrected chi connectivity index (χ3v) is 4.42. The van der Waals surface area contributed by atoms with E-state index in [4.69, 9.17) is 5.26 Å². The summed E-state index contributed by atoms with van der Waals surface area (Å²) >= 11 is 0. The quantitative estimate of drug-likeness (QED) is 0.928. The second-order valence-electron chi connectivity index (χ2n) is 6.58. The van der Waals surface area contributed by atoms with Gasteiger partial charge in [-0.1, -0.05) is 5.21 Å². The fourth-order valence-electron chi connectivity index (χ4n) is 3.00. The molecule has 1 aromatic carbocycles. The third kappa shape index (κ3) is 3.16. The highest BCUT2D eigenvalue weighted by Crippen LogP contribution is 2.32. The zero-order valence-electron chi connectivity index (χ0n) is 13.8. The van der Waals surface area contributed by atoms with Crippen LogP contribution in [0.25, 0.3) is 0 Å². The Bertz CT molecular complexity index is 782. The van der Waals surface area contributed by atoms with E-state index in [0.717, 1.165) is 0 Å². The van der Waals surface area contributed by atoms with Gasteiger partial charge in [-0.25, -0.2) is 9.07 Å². The van der Waals surface area contributed by atoms with Crippen molar-refractivity contribution in [3.05, 3.63) is 47.0 Å². The molecule has 1 atom stereocenters. The lowest BCUT2D eigenvalue weighted by Gasteiger charge is -2.21. The maximum atomic E-state index is 13.5. The molecule has 1 saturated heterocycles. The first kappa shape index (κ1) is 16.6. The summed E-state index contributed by atoms with van der Waals surface area (Å²) in [6.45, 7) is 5.44. The van der Waals surface area contributed by atoms with Crippen LogP contribution < -0.4 is 0 Å². The van der Waals surface area contributed by atoms with Crippen LogP contribution in [0.1, 0.15) is 43.1 Å². The summed E-state index contributed by atoms with van der Waals surface area (Å²) in [5, 5.41) is 28.2. The van der Waals surface area contributed by atoms with Crippen molar-refractivity contribution in [2.45, 2.75) is 38.5 Å². The van der Waals surface area contributed by atoms with Crippen LogP contribution in [-0.4, -0.2) is 38.1 Å². The Morgan fingerprint density at radius 2 is 2.25 bits per heavy atom. The number of aromatic nitrogens is 3. The maximum Gasteiger partial charge on any atom is 0.124 e. The van der Waals surface area contributed by atoms with E-state index in [-0.39, 0.29) is 11.9 Å². The molecule has 0 amide bonds. The topological polar surface area (TPSA) is 78.0 Å². The molecular weight excluding hydrogens is 309 g/mol. The Balaban J connectivity index is 1.75. The molecule has 7 heteroatoms. The van der Waals surface area contributed by atoms with Gasteiger partial charge in [0.25, 0.3) is 0 Å². The Labute approximate surface area is 140 Å². The SMILES string of the molecule is CC(C)n1cc(C2(O)CCN(Cc3cc(F)ccc3C#N)C2)nn1. The van der Waals surface area contributed by atoms with Crippen LogP contribution in [0.3, 0.4) is 0 Å². The number of aliphatic hydroxyl groups is 1. The summed E-state index contributed by atoms with van der Waals surface area (Å²) in [5.74, 6) is -0.363. The number of β-amino-alcohol motifs (C(OH)–C–C–N with tert-alkyl or cyclic N) is 1. The summed E-state index contributed by atoms with van der Waals surface area (Å²) in [5.41, 5.74) is 0.580. The van der Waals surface area contributed by atoms with Gasteiger partial charge in [-0.2, -0.15) is 5.26 Å². The van der Waals surface area contributed by atoms with Gasteiger partial charge in [0.15, 0.2) is 0 Å². The summed E-state index contributed by atoms with van der Waals surface area (Å²) < 4.78 is 15.2. The fraction of sp³-hybridized carbons (Fsp3) is 0.471. The number of nitriles is 1. The normalized spacial score (nSPS) is 21.3. The van der Waals surface area contributed by atoms with E-state index in [9.17, 15) is 9.50 Å². The van der Waals surface area contributed by atoms with Crippen LogP contribution in [0.2, 0.25) is 0 Å². The Kier molecular flexibility index (Phi) is 4.35. The van der Waals surface area contributed by atoms with Gasteiger partial charge in [0.2, 0.25) is 0 Å². The van der Waals surface area contributed by atoms with Crippen LogP contribution in [0.4, 0.5) is 4.39 Å². The van der Waals surface area contributed by atoms with Crippen LogP contribution in [0.5, 0.6) is 0 Å². The molecule has 0 bridgehead atoms. The van der Waals surface area contributed by atoms with Gasteiger partial charge in [-0.15, -0.1) is 5.10 Å². The van der Waals surface area contributed by atoms with Crippen LogP contribution in [-0.2, 0) is 12.1 Å². The standard InChI is InChI=1S/C17H20FN5O/c1-12(2)23-10-16(20-21-23)17(24)5-6-22(11-17)9-14-7-15(18)4-3-13(14)8-19/h3-4,7,10,12,24H,5-6,9,11H2,1-2H3. The summed E-state index contributed by atoms with van der Waals surface area (Å²) in [6.07, 6.45) is 2.30. The van der Waals surface area contributed by atoms with Gasteiger partial charge in [0.1, 0.15) is 17.1 Å². The second kappa shape index (κ2) is 6.30. The minimum absolute atomic E-state index is 0.179. The summed E-state index contributed by atoms with van der Waals surface area (Å²) in [6, 6.07) is 6.41.